The molecule has 0 fully saturated rings. The van der Waals surface area contributed by atoms with Gasteiger partial charge in [-0.25, -0.2) is 9.97 Å². The van der Waals surface area contributed by atoms with Crippen LogP contribution in [0, 0.1) is 6.92 Å². The summed E-state index contributed by atoms with van der Waals surface area (Å²) < 4.78 is 4.97. The van der Waals surface area contributed by atoms with Gasteiger partial charge < -0.3 is 10.1 Å². The predicted octanol–water partition coefficient (Wildman–Crippen LogP) is 2.19. The molecule has 0 radical (unpaired) electrons. The van der Waals surface area contributed by atoms with E-state index in [-0.39, 0.29) is 0 Å². The normalized spacial score (nSPS) is 10.6. The van der Waals surface area contributed by atoms with Crippen molar-refractivity contribution in [1.82, 2.24) is 15.3 Å². The van der Waals surface area contributed by atoms with Gasteiger partial charge in [0.1, 0.15) is 0 Å². The molecule has 0 saturated carbocycles. The van der Waals surface area contributed by atoms with Gasteiger partial charge in [-0.1, -0.05) is 29.8 Å². The molecule has 1 aromatic carbocycles. The van der Waals surface area contributed by atoms with E-state index >= 15 is 0 Å². The lowest BCUT2D eigenvalue weighted by atomic mass is 10.1. The molecule has 0 bridgehead atoms. The Kier molecular flexibility index (Phi) is 5.01. The molecule has 1 N–H and O–H groups in total. The Morgan fingerprint density at radius 1 is 1.11 bits per heavy atom. The van der Waals surface area contributed by atoms with Crippen LogP contribution in [0.1, 0.15) is 11.1 Å². The molecule has 0 aliphatic heterocycles. The summed E-state index contributed by atoms with van der Waals surface area (Å²) >= 11 is 0. The van der Waals surface area contributed by atoms with Crippen molar-refractivity contribution in [1.29, 1.82) is 0 Å². The summed E-state index contributed by atoms with van der Waals surface area (Å²) in [4.78, 5) is 8.79. The molecule has 19 heavy (non-hydrogen) atoms. The Balaban J connectivity index is 1.96. The van der Waals surface area contributed by atoms with Crippen molar-refractivity contribution in [3.05, 3.63) is 47.8 Å². The van der Waals surface area contributed by atoms with E-state index in [1.165, 1.54) is 5.56 Å². The Labute approximate surface area is 113 Å². The number of aryl methyl sites for hydroxylation is 1. The van der Waals surface area contributed by atoms with E-state index in [1.807, 2.05) is 24.5 Å². The molecule has 0 aliphatic carbocycles. The number of nitrogens with one attached hydrogen (secondary N) is 1. The first-order valence-electron chi connectivity index (χ1n) is 6.37. The van der Waals surface area contributed by atoms with Crippen LogP contribution in [-0.2, 0) is 11.3 Å². The molecule has 0 atom stereocenters. The maximum atomic E-state index is 4.97. The highest BCUT2D eigenvalue weighted by Gasteiger charge is 2.01. The second-order valence-electron chi connectivity index (χ2n) is 4.45. The van der Waals surface area contributed by atoms with E-state index in [2.05, 4.69) is 34.3 Å². The van der Waals surface area contributed by atoms with E-state index < -0.39 is 0 Å². The van der Waals surface area contributed by atoms with E-state index in [1.54, 1.807) is 7.11 Å². The molecular weight excluding hydrogens is 238 g/mol. The van der Waals surface area contributed by atoms with Crippen LogP contribution in [0.25, 0.3) is 11.4 Å². The van der Waals surface area contributed by atoms with E-state index in [0.29, 0.717) is 6.61 Å². The van der Waals surface area contributed by atoms with Gasteiger partial charge in [0.15, 0.2) is 5.82 Å². The Hall–Kier alpha value is -1.78. The predicted molar refractivity (Wildman–Crippen MR) is 75.8 cm³/mol. The van der Waals surface area contributed by atoms with Gasteiger partial charge in [-0.05, 0) is 6.92 Å². The molecule has 1 aromatic heterocycles. The number of ether oxygens (including phenoxy) is 1. The van der Waals surface area contributed by atoms with Crippen LogP contribution in [0.15, 0.2) is 36.7 Å². The first-order chi connectivity index (χ1) is 9.29. The number of benzene rings is 1. The van der Waals surface area contributed by atoms with Crippen LogP contribution < -0.4 is 5.32 Å². The first-order valence-corrected chi connectivity index (χ1v) is 6.37. The molecule has 0 spiro atoms. The molecule has 4 nitrogen and oxygen atoms in total. The van der Waals surface area contributed by atoms with Crippen molar-refractivity contribution in [3.8, 4) is 11.4 Å². The minimum Gasteiger partial charge on any atom is -0.383 e. The molecule has 0 unspecified atom stereocenters. The molecule has 100 valence electrons. The molecular formula is C15H19N3O. The largest absolute Gasteiger partial charge is 0.383 e. The van der Waals surface area contributed by atoms with Crippen molar-refractivity contribution in [2.75, 3.05) is 20.3 Å². The second kappa shape index (κ2) is 6.97. The van der Waals surface area contributed by atoms with Crippen molar-refractivity contribution in [2.24, 2.45) is 0 Å². The summed E-state index contributed by atoms with van der Waals surface area (Å²) in [6.07, 6.45) is 3.73. The van der Waals surface area contributed by atoms with Gasteiger partial charge in [0.05, 0.1) is 6.61 Å². The topological polar surface area (TPSA) is 47.0 Å². The summed E-state index contributed by atoms with van der Waals surface area (Å²) in [7, 11) is 1.70. The van der Waals surface area contributed by atoms with E-state index in [4.69, 9.17) is 4.74 Å². The Bertz CT molecular complexity index is 494. The molecule has 0 saturated heterocycles. The summed E-state index contributed by atoms with van der Waals surface area (Å²) in [5, 5.41) is 3.26. The van der Waals surface area contributed by atoms with Crippen LogP contribution in [0.4, 0.5) is 0 Å². The molecule has 0 amide bonds. The summed E-state index contributed by atoms with van der Waals surface area (Å²) in [5.41, 5.74) is 3.36. The van der Waals surface area contributed by atoms with Crippen LogP contribution in [0.3, 0.4) is 0 Å². The average molecular weight is 257 g/mol. The summed E-state index contributed by atoms with van der Waals surface area (Å²) in [6.45, 7) is 4.37. The third-order valence-corrected chi connectivity index (χ3v) is 2.83. The van der Waals surface area contributed by atoms with Crippen LogP contribution in [0.2, 0.25) is 0 Å². The maximum Gasteiger partial charge on any atom is 0.159 e. The van der Waals surface area contributed by atoms with Gasteiger partial charge in [-0.3, -0.25) is 0 Å². The highest BCUT2D eigenvalue weighted by atomic mass is 16.5. The third kappa shape index (κ3) is 4.12. The highest BCUT2D eigenvalue weighted by molar-refractivity contribution is 5.54. The lowest BCUT2D eigenvalue weighted by molar-refractivity contribution is 0.199. The average Bonchev–Trinajstić information content (AvgIpc) is 2.45. The first kappa shape index (κ1) is 13.6. The molecule has 0 aliphatic rings. The lowest BCUT2D eigenvalue weighted by Crippen LogP contribution is -2.18. The fourth-order valence-electron chi connectivity index (χ4n) is 1.70. The minimum absolute atomic E-state index is 0.711. The second-order valence-corrected chi connectivity index (χ2v) is 4.45. The maximum absolute atomic E-state index is 4.97. The molecule has 2 rings (SSSR count). The van der Waals surface area contributed by atoms with Gasteiger partial charge in [0.25, 0.3) is 0 Å². The Morgan fingerprint density at radius 2 is 1.79 bits per heavy atom. The minimum atomic E-state index is 0.711. The highest BCUT2D eigenvalue weighted by Crippen LogP contribution is 2.14. The zero-order valence-electron chi connectivity index (χ0n) is 11.4. The fraction of sp³-hybridized carbons (Fsp3) is 0.333. The third-order valence-electron chi connectivity index (χ3n) is 2.83. The lowest BCUT2D eigenvalue weighted by Gasteiger charge is -2.05. The summed E-state index contributed by atoms with van der Waals surface area (Å²) in [6, 6.07) is 8.22. The van der Waals surface area contributed by atoms with Crippen LogP contribution in [0.5, 0.6) is 0 Å². The van der Waals surface area contributed by atoms with Gasteiger partial charge >= 0.3 is 0 Å². The molecule has 4 heteroatoms. The van der Waals surface area contributed by atoms with E-state index in [0.717, 1.165) is 30.0 Å². The summed E-state index contributed by atoms with van der Waals surface area (Å²) in [5.74, 6) is 0.764. The van der Waals surface area contributed by atoms with Gasteiger partial charge in [0, 0.05) is 43.7 Å². The van der Waals surface area contributed by atoms with Gasteiger partial charge in [0.2, 0.25) is 0 Å². The number of hydrogen-bond acceptors (Lipinski definition) is 4. The standard InChI is InChI=1S/C15H19N3O/c1-12-3-5-14(6-4-12)15-17-10-13(11-18-15)9-16-7-8-19-2/h3-6,10-11,16H,7-9H2,1-2H3. The van der Waals surface area contributed by atoms with Gasteiger partial charge in [-0.2, -0.15) is 0 Å². The molecule has 1 heterocycles. The monoisotopic (exact) mass is 257 g/mol. The van der Waals surface area contributed by atoms with Crippen molar-refractivity contribution in [3.63, 3.8) is 0 Å². The van der Waals surface area contributed by atoms with Crippen LogP contribution in [-0.4, -0.2) is 30.2 Å². The SMILES string of the molecule is COCCNCc1cnc(-c2ccc(C)cc2)nc1. The zero-order valence-corrected chi connectivity index (χ0v) is 11.4. The van der Waals surface area contributed by atoms with Crippen LogP contribution >= 0.6 is 0 Å². The number of methoxy groups -OCH3 is 1. The number of aromatic nitrogens is 2. The number of nitrogens with zero attached hydrogens (tertiary/aromatic N) is 2. The number of hydrogen-bond donors (Lipinski definition) is 1. The zero-order chi connectivity index (χ0) is 13.5. The van der Waals surface area contributed by atoms with Crippen molar-refractivity contribution in [2.45, 2.75) is 13.5 Å². The fourth-order valence-corrected chi connectivity index (χ4v) is 1.70. The Morgan fingerprint density at radius 3 is 2.42 bits per heavy atom. The van der Waals surface area contributed by atoms with Crippen molar-refractivity contribution < 1.29 is 4.74 Å². The molecule has 2 aromatic rings. The quantitative estimate of drug-likeness (QED) is 0.806. The van der Waals surface area contributed by atoms with Gasteiger partial charge in [-0.15, -0.1) is 0 Å². The number of rotatable bonds is 6. The van der Waals surface area contributed by atoms with E-state index in [9.17, 15) is 0 Å². The van der Waals surface area contributed by atoms with Crippen molar-refractivity contribution >= 4 is 0 Å². The smallest absolute Gasteiger partial charge is 0.159 e.